The lowest BCUT2D eigenvalue weighted by Gasteiger charge is -2.28. The van der Waals surface area contributed by atoms with Crippen molar-refractivity contribution in [3.63, 3.8) is 0 Å². The number of rotatable bonds is 11. The van der Waals surface area contributed by atoms with Gasteiger partial charge in [0.15, 0.2) is 0 Å². The van der Waals surface area contributed by atoms with Crippen LogP contribution in [0.2, 0.25) is 5.02 Å². The summed E-state index contributed by atoms with van der Waals surface area (Å²) in [5, 5.41) is 24.7. The molecule has 0 amide bonds. The van der Waals surface area contributed by atoms with Crippen LogP contribution >= 0.6 is 34.8 Å². The van der Waals surface area contributed by atoms with Gasteiger partial charge < -0.3 is 29.3 Å². The average Bonchev–Trinajstić information content (AvgIpc) is 3.38. The molecule has 0 bridgehead atoms. The van der Waals surface area contributed by atoms with Gasteiger partial charge in [0.2, 0.25) is 0 Å². The van der Waals surface area contributed by atoms with Gasteiger partial charge in [-0.15, -0.1) is 12.4 Å². The molecular weight excluding hydrogens is 576 g/mol. The highest BCUT2D eigenvalue weighted by Gasteiger charge is 2.27. The van der Waals surface area contributed by atoms with Crippen molar-refractivity contribution in [2.24, 2.45) is 4.99 Å². The molecule has 2 heterocycles. The molecule has 2 aliphatic heterocycles. The second-order valence-electron chi connectivity index (χ2n) is 8.84. The van der Waals surface area contributed by atoms with E-state index in [1.165, 1.54) is 12.1 Å². The van der Waals surface area contributed by atoms with Gasteiger partial charge >= 0.3 is 0 Å². The number of aliphatic hydroxyl groups is 2. The first kappa shape index (κ1) is 29.8. The summed E-state index contributed by atoms with van der Waals surface area (Å²) >= 11 is 6.49. The Morgan fingerprint density at radius 2 is 1.85 bits per heavy atom. The van der Waals surface area contributed by atoms with Crippen molar-refractivity contribution in [2.75, 3.05) is 18.5 Å². The van der Waals surface area contributed by atoms with E-state index in [4.69, 9.17) is 20.5 Å². The first-order valence-corrected chi connectivity index (χ1v) is 13.8. The minimum atomic E-state index is -0.958. The molecule has 3 aromatic rings. The van der Waals surface area contributed by atoms with Crippen LogP contribution in [0.3, 0.4) is 0 Å². The van der Waals surface area contributed by atoms with E-state index in [0.29, 0.717) is 34.4 Å². The zero-order valence-corrected chi connectivity index (χ0v) is 23.6. The molecule has 2 aliphatic rings. The van der Waals surface area contributed by atoms with Gasteiger partial charge in [-0.2, -0.15) is 0 Å². The zero-order chi connectivity index (χ0) is 27.2. The monoisotopic (exact) mass is 603 g/mol. The standard InChI is InChI=1S/C29H27ClFN3O4S.ClH/c30-26-14-23(9-10-27(26)37-17-21-7-4-8-22(31)13-21)33-28-25-11-12-39(38-18-24(36)16-35)29(25)34(19-32-28)15-20-5-2-1-3-6-20;/h1-14,19,24,33,35-36H,15-18H2;1H/t24-,39?;/m1./s1. The van der Waals surface area contributed by atoms with Crippen molar-refractivity contribution in [1.29, 1.82) is 0 Å². The quantitative estimate of drug-likeness (QED) is 0.238. The van der Waals surface area contributed by atoms with Crippen molar-refractivity contribution in [3.05, 3.63) is 118 Å². The Balaban J connectivity index is 0.00000370. The first-order valence-electron chi connectivity index (χ1n) is 12.2. The normalized spacial score (nSPS) is 16.6. The highest BCUT2D eigenvalue weighted by molar-refractivity contribution is 8.15. The Morgan fingerprint density at radius 1 is 1.05 bits per heavy atom. The maximum absolute atomic E-state index is 13.4. The third-order valence-electron chi connectivity index (χ3n) is 5.89. The summed E-state index contributed by atoms with van der Waals surface area (Å²) in [5.41, 5.74) is 3.39. The molecule has 0 saturated carbocycles. The van der Waals surface area contributed by atoms with Gasteiger partial charge in [-0.1, -0.05) is 54.1 Å². The van der Waals surface area contributed by atoms with Crippen LogP contribution in [-0.2, 0) is 17.3 Å². The van der Waals surface area contributed by atoms with E-state index in [-0.39, 0.29) is 38.0 Å². The average molecular weight is 605 g/mol. The lowest BCUT2D eigenvalue weighted by atomic mass is 10.1. The van der Waals surface area contributed by atoms with Crippen LogP contribution in [-0.4, -0.2) is 45.8 Å². The maximum Gasteiger partial charge on any atom is 0.142 e. The van der Waals surface area contributed by atoms with E-state index in [0.717, 1.165) is 16.1 Å². The van der Waals surface area contributed by atoms with Gasteiger partial charge in [-0.05, 0) is 63.7 Å². The molecule has 0 spiro atoms. The molecule has 7 nitrogen and oxygen atoms in total. The van der Waals surface area contributed by atoms with Crippen LogP contribution in [0.5, 0.6) is 5.75 Å². The Kier molecular flexibility index (Phi) is 10.4. The number of hydrogen-bond acceptors (Lipinski definition) is 7. The van der Waals surface area contributed by atoms with Crippen molar-refractivity contribution in [3.8, 4) is 5.75 Å². The number of ether oxygens (including phenoxy) is 1. The predicted octanol–water partition coefficient (Wildman–Crippen LogP) is 5.86. The summed E-state index contributed by atoms with van der Waals surface area (Å²) in [6.45, 7) is 0.421. The lowest BCUT2D eigenvalue weighted by molar-refractivity contribution is 0.0603. The van der Waals surface area contributed by atoms with Crippen LogP contribution in [0.15, 0.2) is 101 Å². The summed E-state index contributed by atoms with van der Waals surface area (Å²) in [4.78, 5) is 7.61. The minimum absolute atomic E-state index is 0. The van der Waals surface area contributed by atoms with E-state index in [1.807, 2.05) is 52.8 Å². The summed E-state index contributed by atoms with van der Waals surface area (Å²) < 4.78 is 25.2. The molecular formula is C29H28Cl2FN3O4S. The number of aliphatic hydroxyl groups excluding tert-OH is 2. The van der Waals surface area contributed by atoms with Gasteiger partial charge in [0.1, 0.15) is 35.1 Å². The molecule has 0 aliphatic carbocycles. The molecule has 210 valence electrons. The van der Waals surface area contributed by atoms with Gasteiger partial charge in [-0.3, -0.25) is 0 Å². The number of halogens is 3. The van der Waals surface area contributed by atoms with Crippen molar-refractivity contribution in [1.82, 2.24) is 4.90 Å². The van der Waals surface area contributed by atoms with Crippen LogP contribution < -0.4 is 10.1 Å². The molecule has 0 saturated heterocycles. The number of nitrogens with zero attached hydrogens (tertiary/aromatic N) is 2. The zero-order valence-electron chi connectivity index (χ0n) is 21.2. The Labute approximate surface area is 245 Å². The summed E-state index contributed by atoms with van der Waals surface area (Å²) in [7, 11) is -0.750. The molecule has 11 heteroatoms. The summed E-state index contributed by atoms with van der Waals surface area (Å²) in [6, 6.07) is 21.6. The molecule has 5 rings (SSSR count). The molecule has 0 aromatic heterocycles. The maximum atomic E-state index is 13.4. The predicted molar refractivity (Wildman–Crippen MR) is 161 cm³/mol. The number of fused-ring (bicyclic) bond motifs is 1. The van der Waals surface area contributed by atoms with E-state index < -0.39 is 16.9 Å². The highest BCUT2D eigenvalue weighted by atomic mass is 35.5. The smallest absolute Gasteiger partial charge is 0.142 e. The Morgan fingerprint density at radius 3 is 2.60 bits per heavy atom. The van der Waals surface area contributed by atoms with E-state index in [1.54, 1.807) is 30.6 Å². The van der Waals surface area contributed by atoms with E-state index in [2.05, 4.69) is 10.3 Å². The number of benzene rings is 3. The second kappa shape index (κ2) is 13.9. The largest absolute Gasteiger partial charge is 0.487 e. The molecule has 3 aromatic carbocycles. The molecule has 40 heavy (non-hydrogen) atoms. The fraction of sp³-hybridized carbons (Fsp3) is 0.172. The minimum Gasteiger partial charge on any atom is -0.487 e. The SMILES string of the molecule is Cl.OC[C@@H](O)COS1=C2C(=C(Nc3ccc(OCc4cccc(F)c4)c(Cl)c3)N=CN2Cc2ccccc2)C=C1. The molecule has 3 N–H and O–H groups in total. The Hall–Kier alpha value is -3.18. The summed E-state index contributed by atoms with van der Waals surface area (Å²) in [5.74, 6) is 0.786. The highest BCUT2D eigenvalue weighted by Crippen LogP contribution is 2.37. The summed E-state index contributed by atoms with van der Waals surface area (Å²) in [6.07, 6.45) is 2.74. The number of anilines is 1. The third kappa shape index (κ3) is 7.31. The second-order valence-corrected chi connectivity index (χ2v) is 10.7. The lowest BCUT2D eigenvalue weighted by Crippen LogP contribution is -2.33. The number of aliphatic imine (C=N–C) groups is 1. The van der Waals surface area contributed by atoms with Crippen molar-refractivity contribution < 1.29 is 23.5 Å². The van der Waals surface area contributed by atoms with Gasteiger partial charge in [0.05, 0.1) is 24.6 Å². The molecule has 2 atom stereocenters. The van der Waals surface area contributed by atoms with Gasteiger partial charge in [0.25, 0.3) is 0 Å². The van der Waals surface area contributed by atoms with Gasteiger partial charge in [0, 0.05) is 17.8 Å². The first-order chi connectivity index (χ1) is 19.0. The molecule has 1 unspecified atom stereocenters. The van der Waals surface area contributed by atoms with Crippen molar-refractivity contribution >= 4 is 51.8 Å². The number of nitrogens with one attached hydrogen (secondary N) is 1. The van der Waals surface area contributed by atoms with Crippen molar-refractivity contribution in [2.45, 2.75) is 19.3 Å². The Bertz CT molecular complexity index is 1470. The van der Waals surface area contributed by atoms with Crippen LogP contribution in [0.1, 0.15) is 11.1 Å². The molecule has 0 fully saturated rings. The fourth-order valence-electron chi connectivity index (χ4n) is 3.99. The fourth-order valence-corrected chi connectivity index (χ4v) is 5.83. The molecule has 0 radical (unpaired) electrons. The van der Waals surface area contributed by atoms with Crippen LogP contribution in [0.4, 0.5) is 10.1 Å². The van der Waals surface area contributed by atoms with E-state index in [9.17, 15) is 14.6 Å². The van der Waals surface area contributed by atoms with Crippen LogP contribution in [0.25, 0.3) is 0 Å². The number of hydrogen-bond donors (Lipinski definition) is 3. The topological polar surface area (TPSA) is 86.5 Å². The van der Waals surface area contributed by atoms with Gasteiger partial charge in [-0.25, -0.2) is 9.38 Å². The van der Waals surface area contributed by atoms with E-state index >= 15 is 0 Å². The van der Waals surface area contributed by atoms with Crippen LogP contribution in [0, 0.1) is 5.82 Å². The third-order valence-corrected chi connectivity index (χ3v) is 7.80.